The van der Waals surface area contributed by atoms with Gasteiger partial charge in [-0.3, -0.25) is 0 Å². The van der Waals surface area contributed by atoms with Crippen molar-refractivity contribution in [2.45, 2.75) is 31.4 Å². The van der Waals surface area contributed by atoms with Gasteiger partial charge in [-0.2, -0.15) is 5.21 Å². The number of benzene rings is 1. The molecule has 2 heterocycles. The molecule has 0 aliphatic carbocycles. The second-order valence-electron chi connectivity index (χ2n) is 4.68. The van der Waals surface area contributed by atoms with Gasteiger partial charge in [0.1, 0.15) is 0 Å². The van der Waals surface area contributed by atoms with E-state index in [2.05, 4.69) is 51.0 Å². The summed E-state index contributed by atoms with van der Waals surface area (Å²) >= 11 is 0. The largest absolute Gasteiger partial charge is 0.187 e. The van der Waals surface area contributed by atoms with E-state index in [0.717, 1.165) is 5.82 Å². The molecule has 2 aromatic rings. The van der Waals surface area contributed by atoms with Crippen LogP contribution in [-0.4, -0.2) is 27.3 Å². The third-order valence-corrected chi connectivity index (χ3v) is 3.69. The van der Waals surface area contributed by atoms with E-state index in [1.54, 1.807) is 0 Å². The van der Waals surface area contributed by atoms with Gasteiger partial charge >= 0.3 is 0 Å². The van der Waals surface area contributed by atoms with Crippen LogP contribution in [0, 0.1) is 0 Å². The maximum atomic E-state index is 4.17. The topological polar surface area (TPSA) is 54.5 Å². The van der Waals surface area contributed by atoms with E-state index in [9.17, 15) is 0 Å². The second kappa shape index (κ2) is 4.69. The SMILES string of the molecule is c1ccc(B2CCCCC2c2nn[nH]n2)cc1. The molecule has 1 N–H and O–H groups in total. The first-order valence-electron chi connectivity index (χ1n) is 6.23. The lowest BCUT2D eigenvalue weighted by Crippen LogP contribution is -2.39. The number of hydrogen-bond acceptors (Lipinski definition) is 3. The highest BCUT2D eigenvalue weighted by atomic mass is 15.5. The van der Waals surface area contributed by atoms with Crippen molar-refractivity contribution in [3.8, 4) is 0 Å². The van der Waals surface area contributed by atoms with Gasteiger partial charge in [0, 0.05) is 5.82 Å². The highest BCUT2D eigenvalue weighted by molar-refractivity contribution is 6.74. The van der Waals surface area contributed by atoms with Crippen LogP contribution in [0.15, 0.2) is 30.3 Å². The van der Waals surface area contributed by atoms with E-state index in [-0.39, 0.29) is 0 Å². The van der Waals surface area contributed by atoms with Gasteiger partial charge in [-0.15, -0.1) is 10.2 Å². The van der Waals surface area contributed by atoms with E-state index in [1.165, 1.54) is 31.0 Å². The van der Waals surface area contributed by atoms with Crippen molar-refractivity contribution in [1.29, 1.82) is 0 Å². The van der Waals surface area contributed by atoms with E-state index < -0.39 is 0 Å². The lowest BCUT2D eigenvalue weighted by atomic mass is 9.32. The molecule has 1 aliphatic rings. The predicted octanol–water partition coefficient (Wildman–Crippen LogP) is 1.41. The number of aromatic amines is 1. The van der Waals surface area contributed by atoms with Crippen LogP contribution in [0.1, 0.15) is 30.9 Å². The molecule has 1 aliphatic heterocycles. The Balaban J connectivity index is 1.91. The number of hydrogen-bond donors (Lipinski definition) is 1. The Hall–Kier alpha value is -1.65. The van der Waals surface area contributed by atoms with Crippen molar-refractivity contribution in [1.82, 2.24) is 20.6 Å². The second-order valence-corrected chi connectivity index (χ2v) is 4.68. The van der Waals surface area contributed by atoms with Crippen LogP contribution in [0.3, 0.4) is 0 Å². The fraction of sp³-hybridized carbons (Fsp3) is 0.417. The molecule has 0 saturated carbocycles. The number of rotatable bonds is 2. The smallest absolute Gasteiger partial charge is 0.177 e. The normalized spacial score (nSPS) is 20.5. The van der Waals surface area contributed by atoms with Gasteiger partial charge < -0.3 is 0 Å². The molecule has 0 spiro atoms. The van der Waals surface area contributed by atoms with Gasteiger partial charge in [0.25, 0.3) is 0 Å². The molecule has 1 aromatic carbocycles. The third-order valence-electron chi connectivity index (χ3n) is 3.69. The van der Waals surface area contributed by atoms with Gasteiger partial charge in [0.05, 0.1) is 0 Å². The van der Waals surface area contributed by atoms with E-state index in [1.807, 2.05) is 0 Å². The predicted molar refractivity (Wildman–Crippen MR) is 67.4 cm³/mol. The third kappa shape index (κ3) is 2.09. The lowest BCUT2D eigenvalue weighted by Gasteiger charge is -2.26. The molecule has 5 heteroatoms. The molecule has 1 unspecified atom stereocenters. The van der Waals surface area contributed by atoms with Crippen LogP contribution in [-0.2, 0) is 0 Å². The van der Waals surface area contributed by atoms with Crippen LogP contribution >= 0.6 is 0 Å². The fourth-order valence-electron chi connectivity index (χ4n) is 2.87. The molecular weight excluding hydrogens is 211 g/mol. The average molecular weight is 226 g/mol. The monoisotopic (exact) mass is 226 g/mol. The van der Waals surface area contributed by atoms with Crippen LogP contribution in [0.4, 0.5) is 0 Å². The Bertz CT molecular complexity index is 457. The minimum absolute atomic E-state index is 0.421. The summed E-state index contributed by atoms with van der Waals surface area (Å²) in [5.74, 6) is 1.29. The quantitative estimate of drug-likeness (QED) is 0.787. The molecule has 17 heavy (non-hydrogen) atoms. The van der Waals surface area contributed by atoms with Crippen molar-refractivity contribution in [2.75, 3.05) is 0 Å². The first-order valence-corrected chi connectivity index (χ1v) is 6.23. The number of nitrogens with one attached hydrogen (secondary N) is 1. The molecule has 0 bridgehead atoms. The highest BCUT2D eigenvalue weighted by Crippen LogP contribution is 2.30. The first kappa shape index (κ1) is 10.5. The molecule has 3 rings (SSSR count). The van der Waals surface area contributed by atoms with Gasteiger partial charge in [0.2, 0.25) is 0 Å². The van der Waals surface area contributed by atoms with Crippen molar-refractivity contribution >= 4 is 12.2 Å². The van der Waals surface area contributed by atoms with Crippen LogP contribution in [0.25, 0.3) is 0 Å². The lowest BCUT2D eigenvalue weighted by molar-refractivity contribution is 0.628. The van der Waals surface area contributed by atoms with Crippen molar-refractivity contribution in [3.05, 3.63) is 36.2 Å². The molecular formula is C12H15BN4. The Morgan fingerprint density at radius 3 is 2.82 bits per heavy atom. The summed E-state index contributed by atoms with van der Waals surface area (Å²) in [6.45, 7) is 0.544. The minimum atomic E-state index is 0.421. The average Bonchev–Trinajstić information content (AvgIpc) is 2.94. The molecule has 4 nitrogen and oxygen atoms in total. The Morgan fingerprint density at radius 2 is 2.06 bits per heavy atom. The van der Waals surface area contributed by atoms with Gasteiger partial charge in [0.15, 0.2) is 12.5 Å². The number of aromatic nitrogens is 4. The van der Waals surface area contributed by atoms with E-state index in [4.69, 9.17) is 0 Å². The summed E-state index contributed by atoms with van der Waals surface area (Å²) < 4.78 is 0. The zero-order valence-corrected chi connectivity index (χ0v) is 9.71. The Morgan fingerprint density at radius 1 is 1.18 bits per heavy atom. The van der Waals surface area contributed by atoms with E-state index in [0.29, 0.717) is 12.5 Å². The molecule has 1 aromatic heterocycles. The molecule has 1 atom stereocenters. The first-order chi connectivity index (χ1) is 8.45. The minimum Gasteiger partial charge on any atom is -0.177 e. The Labute approximate surface area is 101 Å². The zero-order valence-electron chi connectivity index (χ0n) is 9.71. The zero-order chi connectivity index (χ0) is 11.5. The molecule has 1 fully saturated rings. The number of H-pyrrole nitrogens is 1. The van der Waals surface area contributed by atoms with Crippen molar-refractivity contribution in [2.24, 2.45) is 0 Å². The van der Waals surface area contributed by atoms with Gasteiger partial charge in [-0.25, -0.2) is 0 Å². The van der Waals surface area contributed by atoms with Crippen molar-refractivity contribution in [3.63, 3.8) is 0 Å². The van der Waals surface area contributed by atoms with E-state index >= 15 is 0 Å². The highest BCUT2D eigenvalue weighted by Gasteiger charge is 2.33. The van der Waals surface area contributed by atoms with Gasteiger partial charge in [-0.1, -0.05) is 60.2 Å². The standard InChI is InChI=1S/C12H15BN4/c1-2-6-10(7-3-1)13-9-5-4-8-11(13)12-14-16-17-15-12/h1-3,6-7,11H,4-5,8-9H2,(H,14,15,16,17). The number of nitrogens with zero attached hydrogens (tertiary/aromatic N) is 3. The summed E-state index contributed by atoms with van der Waals surface area (Å²) in [7, 11) is 0. The maximum Gasteiger partial charge on any atom is 0.187 e. The molecule has 1 saturated heterocycles. The maximum absolute atomic E-state index is 4.17. The molecule has 86 valence electrons. The number of tetrazole rings is 1. The summed E-state index contributed by atoms with van der Waals surface area (Å²) in [5, 5.41) is 14.6. The summed E-state index contributed by atoms with van der Waals surface area (Å²) in [5.41, 5.74) is 1.40. The summed E-state index contributed by atoms with van der Waals surface area (Å²) in [6, 6.07) is 10.7. The fourth-order valence-corrected chi connectivity index (χ4v) is 2.87. The van der Waals surface area contributed by atoms with Crippen LogP contribution in [0.2, 0.25) is 6.32 Å². The molecule has 0 radical (unpaired) electrons. The van der Waals surface area contributed by atoms with Crippen LogP contribution < -0.4 is 5.46 Å². The Kier molecular flexibility index (Phi) is 2.90. The summed E-state index contributed by atoms with van der Waals surface area (Å²) in [6.07, 6.45) is 4.96. The molecule has 0 amide bonds. The van der Waals surface area contributed by atoms with Crippen LogP contribution in [0.5, 0.6) is 0 Å². The van der Waals surface area contributed by atoms with Crippen molar-refractivity contribution < 1.29 is 0 Å². The summed E-state index contributed by atoms with van der Waals surface area (Å²) in [4.78, 5) is 0. The van der Waals surface area contributed by atoms with Gasteiger partial charge in [-0.05, 0) is 6.42 Å².